The summed E-state index contributed by atoms with van der Waals surface area (Å²) in [6.45, 7) is 0.355. The fraction of sp³-hybridized carbons (Fsp3) is 0.308. The van der Waals surface area contributed by atoms with Crippen molar-refractivity contribution in [3.8, 4) is 6.07 Å². The maximum atomic E-state index is 11.4. The average Bonchev–Trinajstić information content (AvgIpc) is 2.45. The number of benzene rings is 1. The Morgan fingerprint density at radius 1 is 1.32 bits per heavy atom. The predicted octanol–water partition coefficient (Wildman–Crippen LogP) is 0.649. The van der Waals surface area contributed by atoms with E-state index in [9.17, 15) is 9.59 Å². The molecular weight excluding hydrogens is 246 g/mol. The van der Waals surface area contributed by atoms with Gasteiger partial charge in [-0.3, -0.25) is 9.59 Å². The zero-order valence-corrected chi connectivity index (χ0v) is 10.6. The van der Waals surface area contributed by atoms with Crippen LogP contribution in [0, 0.1) is 11.3 Å². The van der Waals surface area contributed by atoms with Gasteiger partial charge in [0.25, 0.3) is 0 Å². The molecule has 0 aromatic heterocycles. The number of amides is 1. The topological polar surface area (TPSA) is 91.2 Å². The summed E-state index contributed by atoms with van der Waals surface area (Å²) in [5.41, 5.74) is 1.31. The van der Waals surface area contributed by atoms with E-state index in [1.54, 1.807) is 24.3 Å². The van der Waals surface area contributed by atoms with Crippen LogP contribution in [0.2, 0.25) is 0 Å². The molecule has 100 valence electrons. The number of nitrogens with zero attached hydrogens (tertiary/aromatic N) is 1. The van der Waals surface area contributed by atoms with Crippen LogP contribution in [0.4, 0.5) is 5.69 Å². The molecule has 0 radical (unpaired) electrons. The number of nitriles is 1. The quantitative estimate of drug-likeness (QED) is 0.734. The van der Waals surface area contributed by atoms with E-state index in [1.165, 1.54) is 7.11 Å². The Morgan fingerprint density at radius 2 is 2.00 bits per heavy atom. The van der Waals surface area contributed by atoms with Crippen molar-refractivity contribution in [1.82, 2.24) is 5.32 Å². The second kappa shape index (κ2) is 7.71. The first-order valence-corrected chi connectivity index (χ1v) is 5.73. The standard InChI is InChI=1S/C13H15N3O3/c1-19-13(18)6-7-15-12(17)9-16-11-4-2-10(8-14)3-5-11/h2-5,16H,6-7,9H2,1H3,(H,15,17). The molecule has 0 saturated carbocycles. The van der Waals surface area contributed by atoms with Gasteiger partial charge in [-0.25, -0.2) is 0 Å². The molecule has 19 heavy (non-hydrogen) atoms. The van der Waals surface area contributed by atoms with E-state index >= 15 is 0 Å². The van der Waals surface area contributed by atoms with Crippen LogP contribution in [-0.4, -0.2) is 32.1 Å². The van der Waals surface area contributed by atoms with E-state index in [1.807, 2.05) is 6.07 Å². The minimum Gasteiger partial charge on any atom is -0.469 e. The van der Waals surface area contributed by atoms with E-state index in [0.29, 0.717) is 5.56 Å². The molecule has 2 N–H and O–H groups in total. The zero-order chi connectivity index (χ0) is 14.1. The number of methoxy groups -OCH3 is 1. The molecule has 0 spiro atoms. The maximum Gasteiger partial charge on any atom is 0.307 e. The Kier molecular flexibility index (Phi) is 5.89. The number of hydrogen-bond donors (Lipinski definition) is 2. The van der Waals surface area contributed by atoms with E-state index in [2.05, 4.69) is 15.4 Å². The van der Waals surface area contributed by atoms with Crippen molar-refractivity contribution >= 4 is 17.6 Å². The van der Waals surface area contributed by atoms with Crippen molar-refractivity contribution in [3.05, 3.63) is 29.8 Å². The van der Waals surface area contributed by atoms with Crippen molar-refractivity contribution in [3.63, 3.8) is 0 Å². The molecule has 1 aromatic rings. The van der Waals surface area contributed by atoms with Crippen molar-refractivity contribution in [2.24, 2.45) is 0 Å². The Bertz CT molecular complexity index is 477. The van der Waals surface area contributed by atoms with Gasteiger partial charge in [0, 0.05) is 12.2 Å². The Labute approximate surface area is 111 Å². The fourth-order valence-electron chi connectivity index (χ4n) is 1.31. The van der Waals surface area contributed by atoms with Crippen molar-refractivity contribution in [1.29, 1.82) is 5.26 Å². The van der Waals surface area contributed by atoms with Crippen LogP contribution < -0.4 is 10.6 Å². The van der Waals surface area contributed by atoms with Crippen molar-refractivity contribution in [2.45, 2.75) is 6.42 Å². The summed E-state index contributed by atoms with van der Waals surface area (Å²) in [4.78, 5) is 22.2. The summed E-state index contributed by atoms with van der Waals surface area (Å²) in [5, 5.41) is 14.1. The summed E-state index contributed by atoms with van der Waals surface area (Å²) >= 11 is 0. The van der Waals surface area contributed by atoms with E-state index in [0.717, 1.165) is 5.69 Å². The first-order valence-electron chi connectivity index (χ1n) is 5.73. The summed E-state index contributed by atoms with van der Waals surface area (Å²) in [7, 11) is 1.30. The third-order valence-electron chi connectivity index (χ3n) is 2.35. The third kappa shape index (κ3) is 5.55. The van der Waals surface area contributed by atoms with E-state index in [-0.39, 0.29) is 31.4 Å². The lowest BCUT2D eigenvalue weighted by molar-refractivity contribution is -0.140. The number of anilines is 1. The van der Waals surface area contributed by atoms with Crippen LogP contribution >= 0.6 is 0 Å². The van der Waals surface area contributed by atoms with E-state index in [4.69, 9.17) is 5.26 Å². The summed E-state index contributed by atoms with van der Waals surface area (Å²) in [6, 6.07) is 8.79. The van der Waals surface area contributed by atoms with Gasteiger partial charge >= 0.3 is 5.97 Å². The summed E-state index contributed by atoms with van der Waals surface area (Å²) in [5.74, 6) is -0.575. The van der Waals surface area contributed by atoms with Crippen molar-refractivity contribution in [2.75, 3.05) is 25.5 Å². The Morgan fingerprint density at radius 3 is 2.58 bits per heavy atom. The highest BCUT2D eigenvalue weighted by atomic mass is 16.5. The van der Waals surface area contributed by atoms with Crippen LogP contribution in [0.25, 0.3) is 0 Å². The molecule has 0 bridgehead atoms. The van der Waals surface area contributed by atoms with Gasteiger partial charge in [0.05, 0.1) is 31.7 Å². The molecule has 1 rings (SSSR count). The third-order valence-corrected chi connectivity index (χ3v) is 2.35. The highest BCUT2D eigenvalue weighted by Gasteiger charge is 2.03. The van der Waals surface area contributed by atoms with Gasteiger partial charge in [-0.1, -0.05) is 0 Å². The minimum atomic E-state index is -0.361. The fourth-order valence-corrected chi connectivity index (χ4v) is 1.31. The maximum absolute atomic E-state index is 11.4. The average molecular weight is 261 g/mol. The van der Waals surface area contributed by atoms with Gasteiger partial charge in [0.2, 0.25) is 5.91 Å². The molecule has 0 atom stereocenters. The number of rotatable bonds is 6. The van der Waals surface area contributed by atoms with Gasteiger partial charge in [-0.15, -0.1) is 0 Å². The lowest BCUT2D eigenvalue weighted by atomic mass is 10.2. The second-order valence-electron chi connectivity index (χ2n) is 3.72. The molecular formula is C13H15N3O3. The highest BCUT2D eigenvalue weighted by molar-refractivity contribution is 5.81. The molecule has 0 heterocycles. The van der Waals surface area contributed by atoms with Crippen LogP contribution in [0.1, 0.15) is 12.0 Å². The summed E-state index contributed by atoms with van der Waals surface area (Å²) < 4.78 is 4.45. The molecule has 6 heteroatoms. The van der Waals surface area contributed by atoms with Gasteiger partial charge in [0.15, 0.2) is 0 Å². The lowest BCUT2D eigenvalue weighted by Crippen LogP contribution is -2.31. The molecule has 1 amide bonds. The number of ether oxygens (including phenoxy) is 1. The highest BCUT2D eigenvalue weighted by Crippen LogP contribution is 2.07. The van der Waals surface area contributed by atoms with Gasteiger partial charge < -0.3 is 15.4 Å². The number of carbonyl (C=O) groups excluding carboxylic acids is 2. The van der Waals surface area contributed by atoms with Crippen molar-refractivity contribution < 1.29 is 14.3 Å². The molecule has 0 unspecified atom stereocenters. The number of esters is 1. The Balaban J connectivity index is 2.26. The molecule has 0 aliphatic carbocycles. The minimum absolute atomic E-state index is 0.104. The molecule has 0 aliphatic heterocycles. The van der Waals surface area contributed by atoms with Crippen LogP contribution in [0.15, 0.2) is 24.3 Å². The Hall–Kier alpha value is -2.55. The van der Waals surface area contributed by atoms with Crippen LogP contribution in [0.3, 0.4) is 0 Å². The predicted molar refractivity (Wildman–Crippen MR) is 69.3 cm³/mol. The largest absolute Gasteiger partial charge is 0.469 e. The monoisotopic (exact) mass is 261 g/mol. The normalized spacial score (nSPS) is 9.26. The molecule has 6 nitrogen and oxygen atoms in total. The van der Waals surface area contributed by atoms with E-state index < -0.39 is 0 Å². The van der Waals surface area contributed by atoms with Gasteiger partial charge in [-0.05, 0) is 24.3 Å². The molecule has 0 saturated heterocycles. The first kappa shape index (κ1) is 14.5. The molecule has 0 fully saturated rings. The lowest BCUT2D eigenvalue weighted by Gasteiger charge is -2.07. The van der Waals surface area contributed by atoms with Crippen LogP contribution in [-0.2, 0) is 14.3 Å². The number of nitrogens with one attached hydrogen (secondary N) is 2. The van der Waals surface area contributed by atoms with Crippen LogP contribution in [0.5, 0.6) is 0 Å². The molecule has 1 aromatic carbocycles. The number of hydrogen-bond acceptors (Lipinski definition) is 5. The SMILES string of the molecule is COC(=O)CCNC(=O)CNc1ccc(C#N)cc1. The second-order valence-corrected chi connectivity index (χ2v) is 3.72. The zero-order valence-electron chi connectivity index (χ0n) is 10.6. The van der Waals surface area contributed by atoms with Gasteiger partial charge in [0.1, 0.15) is 0 Å². The summed E-state index contributed by atoms with van der Waals surface area (Å²) in [6.07, 6.45) is 0.152. The first-order chi connectivity index (χ1) is 9.15. The molecule has 0 aliphatic rings. The van der Waals surface area contributed by atoms with Gasteiger partial charge in [-0.2, -0.15) is 5.26 Å². The smallest absolute Gasteiger partial charge is 0.307 e. The number of carbonyl (C=O) groups is 2.